The van der Waals surface area contributed by atoms with Gasteiger partial charge < -0.3 is 19.2 Å². The Kier molecular flexibility index (Phi) is 7.41. The third kappa shape index (κ3) is 5.09. The smallest absolute Gasteiger partial charge is 0.336 e. The summed E-state index contributed by atoms with van der Waals surface area (Å²) in [6, 6.07) is 12.6. The predicted molar refractivity (Wildman–Crippen MR) is 157 cm³/mol. The monoisotopic (exact) mass is 555 g/mol. The van der Waals surface area contributed by atoms with Crippen LogP contribution in [0.2, 0.25) is 0 Å². The molecular formula is C34H37NO6. The summed E-state index contributed by atoms with van der Waals surface area (Å²) in [7, 11) is 2.94. The fraction of sp³-hybridized carbons (Fsp3) is 0.382. The van der Waals surface area contributed by atoms with Gasteiger partial charge in [-0.1, -0.05) is 33.8 Å². The van der Waals surface area contributed by atoms with E-state index in [0.29, 0.717) is 46.6 Å². The molecule has 2 atom stereocenters. The molecule has 5 rings (SSSR count). The molecule has 0 fully saturated rings. The van der Waals surface area contributed by atoms with Crippen LogP contribution in [0.15, 0.2) is 69.4 Å². The second-order valence-corrected chi connectivity index (χ2v) is 11.9. The maximum absolute atomic E-state index is 13.7. The summed E-state index contributed by atoms with van der Waals surface area (Å²) in [4.78, 5) is 40.3. The molecule has 0 bridgehead atoms. The maximum atomic E-state index is 13.7. The molecule has 1 aliphatic carbocycles. The van der Waals surface area contributed by atoms with Gasteiger partial charge in [0.2, 0.25) is 5.78 Å². The van der Waals surface area contributed by atoms with E-state index >= 15 is 0 Å². The van der Waals surface area contributed by atoms with Crippen molar-refractivity contribution in [1.29, 1.82) is 0 Å². The molecule has 2 aliphatic rings. The van der Waals surface area contributed by atoms with Crippen molar-refractivity contribution in [3.05, 3.63) is 87.5 Å². The SMILES string of the molecule is CCC(C)c1cc(C2C(C(=O)OC)=C(C)NC3=C2C(=O)CC(C)(C)C3)cc2cc(C(=O)c3ccc(OC)cc3)oc12. The molecule has 0 spiro atoms. The first kappa shape index (κ1) is 28.4. The molecule has 0 saturated carbocycles. The lowest BCUT2D eigenvalue weighted by Crippen LogP contribution is -2.38. The Bertz CT molecular complexity index is 1620. The van der Waals surface area contributed by atoms with Gasteiger partial charge in [0, 0.05) is 40.3 Å². The van der Waals surface area contributed by atoms with Crippen molar-refractivity contribution in [2.24, 2.45) is 5.41 Å². The lowest BCUT2D eigenvalue weighted by atomic mass is 9.68. The van der Waals surface area contributed by atoms with Gasteiger partial charge in [0.25, 0.3) is 0 Å². The van der Waals surface area contributed by atoms with Crippen LogP contribution in [0.1, 0.15) is 93.0 Å². The number of ether oxygens (including phenoxy) is 2. The topological polar surface area (TPSA) is 94.8 Å². The fourth-order valence-electron chi connectivity index (χ4n) is 6.10. The zero-order chi connectivity index (χ0) is 29.6. The second kappa shape index (κ2) is 10.7. The van der Waals surface area contributed by atoms with Crippen LogP contribution in [0.3, 0.4) is 0 Å². The minimum Gasteiger partial charge on any atom is -0.497 e. The van der Waals surface area contributed by atoms with E-state index in [0.717, 1.165) is 28.6 Å². The number of carbonyl (C=O) groups is 3. The summed E-state index contributed by atoms with van der Waals surface area (Å²) in [6.07, 6.45) is 1.93. The second-order valence-electron chi connectivity index (χ2n) is 11.9. The van der Waals surface area contributed by atoms with Crippen LogP contribution in [0.25, 0.3) is 11.0 Å². The summed E-state index contributed by atoms with van der Waals surface area (Å²) in [6.45, 7) is 10.2. The molecule has 0 radical (unpaired) electrons. The van der Waals surface area contributed by atoms with Crippen molar-refractivity contribution >= 4 is 28.5 Å². The highest BCUT2D eigenvalue weighted by Gasteiger charge is 2.43. The van der Waals surface area contributed by atoms with Crippen molar-refractivity contribution in [2.75, 3.05) is 14.2 Å². The zero-order valence-corrected chi connectivity index (χ0v) is 24.8. The van der Waals surface area contributed by atoms with Gasteiger partial charge in [-0.25, -0.2) is 4.79 Å². The summed E-state index contributed by atoms with van der Waals surface area (Å²) >= 11 is 0. The first-order valence-corrected chi connectivity index (χ1v) is 14.1. The number of ketones is 2. The number of benzene rings is 2. The molecule has 41 heavy (non-hydrogen) atoms. The highest BCUT2D eigenvalue weighted by Crippen LogP contribution is 2.48. The van der Waals surface area contributed by atoms with Gasteiger partial charge in [-0.2, -0.15) is 0 Å². The van der Waals surface area contributed by atoms with E-state index in [1.807, 2.05) is 19.1 Å². The number of hydrogen-bond acceptors (Lipinski definition) is 7. The molecule has 3 aromatic rings. The molecule has 0 amide bonds. The summed E-state index contributed by atoms with van der Waals surface area (Å²) in [5.74, 6) is -0.278. The summed E-state index contributed by atoms with van der Waals surface area (Å²) < 4.78 is 16.7. The van der Waals surface area contributed by atoms with E-state index < -0.39 is 11.9 Å². The van der Waals surface area contributed by atoms with E-state index in [1.54, 1.807) is 37.4 Å². The summed E-state index contributed by atoms with van der Waals surface area (Å²) in [5.41, 5.74) is 5.25. The Balaban J connectivity index is 1.70. The molecule has 2 aromatic carbocycles. The van der Waals surface area contributed by atoms with Crippen molar-refractivity contribution in [2.45, 2.75) is 65.7 Å². The number of methoxy groups -OCH3 is 2. The lowest BCUT2D eigenvalue weighted by molar-refractivity contribution is -0.136. The Morgan fingerprint density at radius 1 is 1.10 bits per heavy atom. The van der Waals surface area contributed by atoms with Gasteiger partial charge >= 0.3 is 5.97 Å². The predicted octanol–water partition coefficient (Wildman–Crippen LogP) is 6.96. The minimum atomic E-state index is -0.592. The number of allylic oxidation sites excluding steroid dienone is 3. The van der Waals surface area contributed by atoms with Crippen LogP contribution < -0.4 is 10.1 Å². The lowest BCUT2D eigenvalue weighted by Gasteiger charge is -2.39. The minimum absolute atomic E-state index is 0.0235. The van der Waals surface area contributed by atoms with Gasteiger partial charge in [0.05, 0.1) is 19.8 Å². The highest BCUT2D eigenvalue weighted by molar-refractivity contribution is 6.09. The van der Waals surface area contributed by atoms with Gasteiger partial charge in [0.1, 0.15) is 11.3 Å². The van der Waals surface area contributed by atoms with E-state index in [-0.39, 0.29) is 28.7 Å². The van der Waals surface area contributed by atoms with Gasteiger partial charge in [-0.3, -0.25) is 9.59 Å². The van der Waals surface area contributed by atoms with Gasteiger partial charge in [-0.15, -0.1) is 0 Å². The van der Waals surface area contributed by atoms with Crippen molar-refractivity contribution < 1.29 is 28.3 Å². The third-order valence-electron chi connectivity index (χ3n) is 8.36. The number of nitrogens with one attached hydrogen (secondary N) is 1. The Morgan fingerprint density at radius 3 is 2.44 bits per heavy atom. The normalized spacial score (nSPS) is 19.1. The van der Waals surface area contributed by atoms with Crippen LogP contribution in [0.4, 0.5) is 0 Å². The fourth-order valence-corrected chi connectivity index (χ4v) is 6.10. The Morgan fingerprint density at radius 2 is 1.80 bits per heavy atom. The number of rotatable bonds is 7. The van der Waals surface area contributed by atoms with E-state index in [4.69, 9.17) is 13.9 Å². The molecule has 1 aromatic heterocycles. The highest BCUT2D eigenvalue weighted by atomic mass is 16.5. The van der Waals surface area contributed by atoms with Crippen LogP contribution in [0.5, 0.6) is 5.75 Å². The van der Waals surface area contributed by atoms with Crippen LogP contribution in [-0.2, 0) is 14.3 Å². The first-order valence-electron chi connectivity index (χ1n) is 14.1. The number of dihydropyridines is 1. The largest absolute Gasteiger partial charge is 0.497 e. The van der Waals surface area contributed by atoms with Crippen LogP contribution in [0, 0.1) is 5.41 Å². The Hall–Kier alpha value is -4.13. The maximum Gasteiger partial charge on any atom is 0.336 e. The standard InChI is InChI=1S/C34H37NO6/c1-8-18(2)24-14-21(13-22-15-27(41-32(22)24)31(37)20-9-11-23(39-6)12-10-20)29-28(33(38)40-7)19(3)35-25-16-34(4,5)17-26(36)30(25)29/h9-15,18,29,35H,8,16-17H2,1-7H3. The number of hydrogen-bond donors (Lipinski definition) is 1. The van der Waals surface area contributed by atoms with Crippen LogP contribution in [-0.4, -0.2) is 31.8 Å². The van der Waals surface area contributed by atoms with Gasteiger partial charge in [-0.05, 0) is 78.6 Å². The zero-order valence-electron chi connectivity index (χ0n) is 24.8. The van der Waals surface area contributed by atoms with Gasteiger partial charge in [0.15, 0.2) is 11.5 Å². The third-order valence-corrected chi connectivity index (χ3v) is 8.36. The molecule has 7 heteroatoms. The molecule has 2 unspecified atom stereocenters. The number of Topliss-reactive ketones (excluding diaryl/α,β-unsaturated/α-hetero) is 1. The van der Waals surface area contributed by atoms with Crippen LogP contribution >= 0.6 is 0 Å². The molecule has 2 heterocycles. The summed E-state index contributed by atoms with van der Waals surface area (Å²) in [5, 5.41) is 4.12. The quantitative estimate of drug-likeness (QED) is 0.249. The first-order chi connectivity index (χ1) is 19.5. The average Bonchev–Trinajstić information content (AvgIpc) is 3.38. The molecule has 7 nitrogen and oxygen atoms in total. The van der Waals surface area contributed by atoms with Crippen molar-refractivity contribution in [3.63, 3.8) is 0 Å². The number of furan rings is 1. The van der Waals surface area contributed by atoms with E-state index in [9.17, 15) is 14.4 Å². The van der Waals surface area contributed by atoms with Crippen molar-refractivity contribution in [3.8, 4) is 5.75 Å². The number of carbonyl (C=O) groups excluding carboxylic acids is 3. The molecule has 214 valence electrons. The molecule has 1 N–H and O–H groups in total. The molecular weight excluding hydrogens is 518 g/mol. The number of esters is 1. The van der Waals surface area contributed by atoms with Crippen molar-refractivity contribution in [1.82, 2.24) is 5.32 Å². The average molecular weight is 556 g/mol. The molecule has 1 aliphatic heterocycles. The van der Waals surface area contributed by atoms with E-state index in [1.165, 1.54) is 7.11 Å². The molecule has 0 saturated heterocycles. The Labute approximate surface area is 240 Å². The van der Waals surface area contributed by atoms with E-state index in [2.05, 4.69) is 33.0 Å². The number of fused-ring (bicyclic) bond motifs is 1.